The summed E-state index contributed by atoms with van der Waals surface area (Å²) in [6.45, 7) is 1.98. The first-order chi connectivity index (χ1) is 10.1. The molecular formula is C17H18ClNO2. The zero-order chi connectivity index (χ0) is 15.2. The van der Waals surface area contributed by atoms with Gasteiger partial charge in [0.15, 0.2) is 0 Å². The third kappa shape index (κ3) is 4.50. The molecule has 0 aliphatic heterocycles. The topological polar surface area (TPSA) is 40.5 Å². The van der Waals surface area contributed by atoms with Gasteiger partial charge < -0.3 is 10.0 Å². The maximum absolute atomic E-state index is 11.2. The highest BCUT2D eigenvalue weighted by molar-refractivity contribution is 6.30. The zero-order valence-corrected chi connectivity index (χ0v) is 12.6. The van der Waals surface area contributed by atoms with Crippen molar-refractivity contribution in [1.29, 1.82) is 0 Å². The van der Waals surface area contributed by atoms with Crippen LogP contribution in [-0.2, 0) is 11.2 Å². The molecule has 2 rings (SSSR count). The summed E-state index contributed by atoms with van der Waals surface area (Å²) < 4.78 is 0. The van der Waals surface area contributed by atoms with Crippen molar-refractivity contribution in [2.45, 2.75) is 19.4 Å². The Morgan fingerprint density at radius 1 is 1.19 bits per heavy atom. The fourth-order valence-electron chi connectivity index (χ4n) is 2.37. The lowest BCUT2D eigenvalue weighted by Gasteiger charge is -2.30. The van der Waals surface area contributed by atoms with E-state index in [-0.39, 0.29) is 12.6 Å². The molecule has 0 bridgehead atoms. The minimum Gasteiger partial charge on any atom is -0.480 e. The Labute approximate surface area is 129 Å². The van der Waals surface area contributed by atoms with Crippen LogP contribution in [0.3, 0.4) is 0 Å². The number of carboxylic acids is 1. The molecule has 0 amide bonds. The van der Waals surface area contributed by atoms with Gasteiger partial charge in [-0.15, -0.1) is 0 Å². The molecule has 0 spiro atoms. The molecule has 0 aromatic heterocycles. The first kappa shape index (κ1) is 15.4. The van der Waals surface area contributed by atoms with Gasteiger partial charge in [0.1, 0.15) is 6.54 Å². The smallest absolute Gasteiger partial charge is 0.323 e. The Balaban J connectivity index is 2.21. The summed E-state index contributed by atoms with van der Waals surface area (Å²) in [6, 6.07) is 17.4. The molecule has 4 heteroatoms. The van der Waals surface area contributed by atoms with Gasteiger partial charge in [0.05, 0.1) is 0 Å². The molecule has 110 valence electrons. The summed E-state index contributed by atoms with van der Waals surface area (Å²) >= 11 is 6.02. The van der Waals surface area contributed by atoms with Crippen molar-refractivity contribution in [3.63, 3.8) is 0 Å². The number of anilines is 1. The Hall–Kier alpha value is -2.00. The van der Waals surface area contributed by atoms with Crippen LogP contribution in [0.15, 0.2) is 54.6 Å². The minimum atomic E-state index is -0.852. The van der Waals surface area contributed by atoms with E-state index in [2.05, 4.69) is 0 Å². The van der Waals surface area contributed by atoms with Crippen LogP contribution >= 0.6 is 11.6 Å². The quantitative estimate of drug-likeness (QED) is 0.881. The van der Waals surface area contributed by atoms with E-state index in [0.717, 1.165) is 12.1 Å². The number of carboxylic acid groups (broad SMARTS) is 1. The number of hydrogen-bond acceptors (Lipinski definition) is 2. The summed E-state index contributed by atoms with van der Waals surface area (Å²) in [7, 11) is 0. The monoisotopic (exact) mass is 303 g/mol. The number of nitrogens with zero attached hydrogens (tertiary/aromatic N) is 1. The predicted molar refractivity (Wildman–Crippen MR) is 86.0 cm³/mol. The molecule has 0 radical (unpaired) electrons. The van der Waals surface area contributed by atoms with Crippen LogP contribution in [0.2, 0.25) is 5.02 Å². The van der Waals surface area contributed by atoms with E-state index < -0.39 is 5.97 Å². The zero-order valence-electron chi connectivity index (χ0n) is 11.9. The first-order valence-electron chi connectivity index (χ1n) is 6.84. The van der Waals surface area contributed by atoms with Gasteiger partial charge in [-0.05, 0) is 37.1 Å². The van der Waals surface area contributed by atoms with Crippen molar-refractivity contribution < 1.29 is 9.90 Å². The number of benzene rings is 2. The number of halogens is 1. The summed E-state index contributed by atoms with van der Waals surface area (Å²) in [5.74, 6) is -0.852. The largest absolute Gasteiger partial charge is 0.480 e. The molecule has 1 unspecified atom stereocenters. The van der Waals surface area contributed by atoms with Crippen LogP contribution < -0.4 is 4.90 Å². The van der Waals surface area contributed by atoms with Gasteiger partial charge in [0.2, 0.25) is 0 Å². The van der Waals surface area contributed by atoms with Crippen molar-refractivity contribution in [3.8, 4) is 0 Å². The third-order valence-corrected chi connectivity index (χ3v) is 3.59. The van der Waals surface area contributed by atoms with Crippen molar-refractivity contribution >= 4 is 23.3 Å². The second kappa shape index (κ2) is 7.14. The molecule has 0 aliphatic carbocycles. The lowest BCUT2D eigenvalue weighted by atomic mass is 10.1. The van der Waals surface area contributed by atoms with Gasteiger partial charge in [-0.1, -0.05) is 48.0 Å². The third-order valence-electron chi connectivity index (χ3n) is 3.35. The first-order valence-corrected chi connectivity index (χ1v) is 7.22. The highest BCUT2D eigenvalue weighted by Gasteiger charge is 2.18. The van der Waals surface area contributed by atoms with E-state index in [1.165, 1.54) is 5.56 Å². The second-order valence-corrected chi connectivity index (χ2v) is 5.48. The van der Waals surface area contributed by atoms with E-state index in [4.69, 9.17) is 16.7 Å². The molecule has 0 fully saturated rings. The van der Waals surface area contributed by atoms with E-state index in [9.17, 15) is 4.79 Å². The SMILES string of the molecule is CC(Cc1ccccc1)N(CC(=O)O)c1cccc(Cl)c1. The molecule has 0 saturated carbocycles. The van der Waals surface area contributed by atoms with E-state index in [1.807, 2.05) is 54.3 Å². The maximum atomic E-state index is 11.2. The van der Waals surface area contributed by atoms with Crippen LogP contribution in [0.5, 0.6) is 0 Å². The molecule has 1 atom stereocenters. The summed E-state index contributed by atoms with van der Waals surface area (Å²) in [5, 5.41) is 9.76. The average Bonchev–Trinajstić information content (AvgIpc) is 2.45. The minimum absolute atomic E-state index is 0.0473. The Morgan fingerprint density at radius 3 is 2.52 bits per heavy atom. The molecule has 2 aromatic rings. The summed E-state index contributed by atoms with van der Waals surface area (Å²) in [6.07, 6.45) is 0.778. The van der Waals surface area contributed by atoms with Crippen LogP contribution in [-0.4, -0.2) is 23.7 Å². The van der Waals surface area contributed by atoms with Crippen molar-refractivity contribution in [2.75, 3.05) is 11.4 Å². The molecule has 2 aromatic carbocycles. The van der Waals surface area contributed by atoms with E-state index >= 15 is 0 Å². The molecule has 0 aliphatic rings. The van der Waals surface area contributed by atoms with Gasteiger partial charge in [-0.2, -0.15) is 0 Å². The maximum Gasteiger partial charge on any atom is 0.323 e. The Kier molecular flexibility index (Phi) is 5.23. The summed E-state index contributed by atoms with van der Waals surface area (Å²) in [4.78, 5) is 13.0. The summed E-state index contributed by atoms with van der Waals surface area (Å²) in [5.41, 5.74) is 2.01. The molecule has 0 saturated heterocycles. The standard InChI is InChI=1S/C17H18ClNO2/c1-13(10-14-6-3-2-4-7-14)19(12-17(20)21)16-9-5-8-15(18)11-16/h2-9,11,13H,10,12H2,1H3,(H,20,21). The van der Waals surface area contributed by atoms with Crippen molar-refractivity contribution in [1.82, 2.24) is 0 Å². The van der Waals surface area contributed by atoms with Crippen LogP contribution in [0.4, 0.5) is 5.69 Å². The van der Waals surface area contributed by atoms with Crippen LogP contribution in [0, 0.1) is 0 Å². The number of rotatable bonds is 6. The average molecular weight is 304 g/mol. The van der Waals surface area contributed by atoms with E-state index in [0.29, 0.717) is 5.02 Å². The van der Waals surface area contributed by atoms with Gasteiger partial charge in [0.25, 0.3) is 0 Å². The van der Waals surface area contributed by atoms with Crippen molar-refractivity contribution in [2.24, 2.45) is 0 Å². The van der Waals surface area contributed by atoms with Crippen molar-refractivity contribution in [3.05, 3.63) is 65.2 Å². The molecule has 0 heterocycles. The Bertz CT molecular complexity index is 601. The van der Waals surface area contributed by atoms with Crippen LogP contribution in [0.1, 0.15) is 12.5 Å². The second-order valence-electron chi connectivity index (χ2n) is 5.04. The normalized spacial score (nSPS) is 11.9. The molecule has 21 heavy (non-hydrogen) atoms. The number of aliphatic carboxylic acids is 1. The van der Waals surface area contributed by atoms with Crippen LogP contribution in [0.25, 0.3) is 0 Å². The molecule has 3 nitrogen and oxygen atoms in total. The number of hydrogen-bond donors (Lipinski definition) is 1. The lowest BCUT2D eigenvalue weighted by molar-refractivity contribution is -0.135. The highest BCUT2D eigenvalue weighted by Crippen LogP contribution is 2.22. The lowest BCUT2D eigenvalue weighted by Crippen LogP contribution is -2.38. The fourth-order valence-corrected chi connectivity index (χ4v) is 2.55. The van der Waals surface area contributed by atoms with Gasteiger partial charge in [0, 0.05) is 16.8 Å². The van der Waals surface area contributed by atoms with Gasteiger partial charge in [-0.25, -0.2) is 0 Å². The predicted octanol–water partition coefficient (Wildman–Crippen LogP) is 3.86. The molecular weight excluding hydrogens is 286 g/mol. The van der Waals surface area contributed by atoms with Gasteiger partial charge in [-0.3, -0.25) is 4.79 Å². The van der Waals surface area contributed by atoms with Gasteiger partial charge >= 0.3 is 5.97 Å². The Morgan fingerprint density at radius 2 is 1.90 bits per heavy atom. The highest BCUT2D eigenvalue weighted by atomic mass is 35.5. The molecule has 1 N–H and O–H groups in total. The number of carbonyl (C=O) groups is 1. The fraction of sp³-hybridized carbons (Fsp3) is 0.235. The van der Waals surface area contributed by atoms with E-state index in [1.54, 1.807) is 12.1 Å².